The van der Waals surface area contributed by atoms with Crippen molar-refractivity contribution >= 4 is 6.09 Å². The molecule has 1 aromatic rings. The molecule has 5 heteroatoms. The summed E-state index contributed by atoms with van der Waals surface area (Å²) in [6.07, 6.45) is 0.753. The lowest BCUT2D eigenvalue weighted by Gasteiger charge is -2.29. The molecule has 0 unspecified atom stereocenters. The quantitative estimate of drug-likeness (QED) is 0.814. The Morgan fingerprint density at radius 2 is 2.12 bits per heavy atom. The summed E-state index contributed by atoms with van der Waals surface area (Å²) in [5.41, 5.74) is 1.63. The number of hydrogen-bond acceptors (Lipinski definition) is 3. The number of pyridine rings is 1. The lowest BCUT2D eigenvalue weighted by molar-refractivity contribution is 0.131. The van der Waals surface area contributed by atoms with Crippen LogP contribution < -0.4 is 0 Å². The first-order valence-electron chi connectivity index (χ1n) is 5.75. The van der Waals surface area contributed by atoms with E-state index in [-0.39, 0.29) is 6.61 Å². The van der Waals surface area contributed by atoms with Crippen LogP contribution in [0, 0.1) is 0 Å². The number of aromatic nitrogens is 1. The lowest BCUT2D eigenvalue weighted by Crippen LogP contribution is -2.37. The Kier molecular flexibility index (Phi) is 3.58. The summed E-state index contributed by atoms with van der Waals surface area (Å²) >= 11 is 0. The largest absolute Gasteiger partial charge is 0.465 e. The van der Waals surface area contributed by atoms with Crippen molar-refractivity contribution in [2.45, 2.75) is 25.4 Å². The summed E-state index contributed by atoms with van der Waals surface area (Å²) in [6.45, 7) is 1.07. The SMILES string of the molecule is O=C(O)N1CCC(c2cccc(CO)n2)CC1. The van der Waals surface area contributed by atoms with Gasteiger partial charge < -0.3 is 15.1 Å². The molecule has 1 saturated heterocycles. The Morgan fingerprint density at radius 1 is 1.41 bits per heavy atom. The van der Waals surface area contributed by atoms with Gasteiger partial charge in [0.25, 0.3) is 0 Å². The van der Waals surface area contributed by atoms with E-state index >= 15 is 0 Å². The van der Waals surface area contributed by atoms with E-state index in [0.717, 1.165) is 18.5 Å². The predicted octanol–water partition coefficient (Wildman–Crippen LogP) is 1.43. The van der Waals surface area contributed by atoms with E-state index in [2.05, 4.69) is 4.98 Å². The minimum absolute atomic E-state index is 0.0538. The normalized spacial score (nSPS) is 17.1. The second kappa shape index (κ2) is 5.14. The molecule has 2 N–H and O–H groups in total. The van der Waals surface area contributed by atoms with Crippen molar-refractivity contribution in [3.05, 3.63) is 29.6 Å². The fourth-order valence-electron chi connectivity index (χ4n) is 2.18. The number of nitrogens with zero attached hydrogens (tertiary/aromatic N) is 2. The van der Waals surface area contributed by atoms with E-state index in [4.69, 9.17) is 10.2 Å². The van der Waals surface area contributed by atoms with Crippen molar-refractivity contribution in [3.8, 4) is 0 Å². The average Bonchev–Trinajstić information content (AvgIpc) is 2.39. The molecular weight excluding hydrogens is 220 g/mol. The van der Waals surface area contributed by atoms with Crippen LogP contribution in [0.1, 0.15) is 30.1 Å². The van der Waals surface area contributed by atoms with Crippen LogP contribution in [-0.4, -0.2) is 39.3 Å². The molecule has 0 saturated carbocycles. The van der Waals surface area contributed by atoms with Gasteiger partial charge in [0.15, 0.2) is 0 Å². The molecule has 1 aliphatic heterocycles. The second-order valence-corrected chi connectivity index (χ2v) is 4.26. The first-order valence-corrected chi connectivity index (χ1v) is 5.75. The number of aliphatic hydroxyl groups is 1. The molecule has 0 spiro atoms. The van der Waals surface area contributed by atoms with Gasteiger partial charge in [0, 0.05) is 24.7 Å². The molecule has 2 rings (SSSR count). The molecule has 2 heterocycles. The topological polar surface area (TPSA) is 73.7 Å². The summed E-state index contributed by atoms with van der Waals surface area (Å²) in [6, 6.07) is 5.62. The lowest BCUT2D eigenvalue weighted by atomic mass is 9.93. The Bertz CT molecular complexity index is 400. The van der Waals surface area contributed by atoms with Gasteiger partial charge in [-0.15, -0.1) is 0 Å². The number of carboxylic acid groups (broad SMARTS) is 1. The zero-order valence-electron chi connectivity index (χ0n) is 9.54. The van der Waals surface area contributed by atoms with Gasteiger partial charge in [-0.25, -0.2) is 4.79 Å². The molecule has 0 bridgehead atoms. The van der Waals surface area contributed by atoms with E-state index in [9.17, 15) is 4.79 Å². The van der Waals surface area contributed by atoms with Crippen LogP contribution in [0.4, 0.5) is 4.79 Å². The van der Waals surface area contributed by atoms with Crippen molar-refractivity contribution < 1.29 is 15.0 Å². The van der Waals surface area contributed by atoms with Crippen LogP contribution in [0.2, 0.25) is 0 Å². The van der Waals surface area contributed by atoms with E-state index in [1.54, 1.807) is 6.07 Å². The molecule has 5 nitrogen and oxygen atoms in total. The van der Waals surface area contributed by atoms with Crippen LogP contribution in [0.15, 0.2) is 18.2 Å². The van der Waals surface area contributed by atoms with Crippen LogP contribution >= 0.6 is 0 Å². The molecule has 1 amide bonds. The molecule has 1 fully saturated rings. The summed E-state index contributed by atoms with van der Waals surface area (Å²) in [5.74, 6) is 0.303. The average molecular weight is 236 g/mol. The highest BCUT2D eigenvalue weighted by atomic mass is 16.4. The number of amides is 1. The van der Waals surface area contributed by atoms with Gasteiger partial charge in [0.05, 0.1) is 12.3 Å². The summed E-state index contributed by atoms with van der Waals surface area (Å²) in [4.78, 5) is 16.6. The molecule has 0 aromatic carbocycles. The standard InChI is InChI=1S/C12H16N2O3/c15-8-10-2-1-3-11(13-10)9-4-6-14(7-5-9)12(16)17/h1-3,9,15H,4-8H2,(H,16,17). The Morgan fingerprint density at radius 3 is 2.71 bits per heavy atom. The highest BCUT2D eigenvalue weighted by Gasteiger charge is 2.24. The molecular formula is C12H16N2O3. The fourth-order valence-corrected chi connectivity index (χ4v) is 2.18. The van der Waals surface area contributed by atoms with Crippen molar-refractivity contribution in [1.82, 2.24) is 9.88 Å². The van der Waals surface area contributed by atoms with Gasteiger partial charge in [-0.3, -0.25) is 4.98 Å². The van der Waals surface area contributed by atoms with Crippen molar-refractivity contribution in [2.75, 3.05) is 13.1 Å². The zero-order valence-corrected chi connectivity index (χ0v) is 9.54. The molecule has 17 heavy (non-hydrogen) atoms. The highest BCUT2D eigenvalue weighted by Crippen LogP contribution is 2.26. The highest BCUT2D eigenvalue weighted by molar-refractivity contribution is 5.65. The Balaban J connectivity index is 2.02. The monoisotopic (exact) mass is 236 g/mol. The van der Waals surface area contributed by atoms with Gasteiger partial charge in [-0.2, -0.15) is 0 Å². The molecule has 92 valence electrons. The number of aliphatic hydroxyl groups excluding tert-OH is 1. The molecule has 1 aliphatic rings. The van der Waals surface area contributed by atoms with Crippen molar-refractivity contribution in [2.24, 2.45) is 0 Å². The second-order valence-electron chi connectivity index (χ2n) is 4.26. The zero-order chi connectivity index (χ0) is 12.3. The van der Waals surface area contributed by atoms with Gasteiger partial charge in [-0.05, 0) is 25.0 Å². The first-order chi connectivity index (χ1) is 8.20. The van der Waals surface area contributed by atoms with Gasteiger partial charge in [-0.1, -0.05) is 6.07 Å². The van der Waals surface area contributed by atoms with Crippen molar-refractivity contribution in [1.29, 1.82) is 0 Å². The Labute approximate surface area is 99.7 Å². The summed E-state index contributed by atoms with van der Waals surface area (Å²) in [5, 5.41) is 17.9. The van der Waals surface area contributed by atoms with Gasteiger partial charge in [0.1, 0.15) is 0 Å². The third-order valence-electron chi connectivity index (χ3n) is 3.17. The first kappa shape index (κ1) is 11.9. The number of piperidine rings is 1. The van der Waals surface area contributed by atoms with Crippen LogP contribution in [-0.2, 0) is 6.61 Å². The summed E-state index contributed by atoms with van der Waals surface area (Å²) in [7, 11) is 0. The predicted molar refractivity (Wildman–Crippen MR) is 61.7 cm³/mol. The van der Waals surface area contributed by atoms with E-state index < -0.39 is 6.09 Å². The third-order valence-corrected chi connectivity index (χ3v) is 3.17. The maximum Gasteiger partial charge on any atom is 0.407 e. The van der Waals surface area contributed by atoms with E-state index in [1.807, 2.05) is 12.1 Å². The maximum atomic E-state index is 10.8. The molecule has 0 radical (unpaired) electrons. The van der Waals surface area contributed by atoms with Gasteiger partial charge >= 0.3 is 6.09 Å². The van der Waals surface area contributed by atoms with E-state index in [0.29, 0.717) is 24.7 Å². The Hall–Kier alpha value is -1.62. The third kappa shape index (κ3) is 2.74. The molecule has 0 atom stereocenters. The maximum absolute atomic E-state index is 10.8. The van der Waals surface area contributed by atoms with Crippen LogP contribution in [0.3, 0.4) is 0 Å². The van der Waals surface area contributed by atoms with Gasteiger partial charge in [0.2, 0.25) is 0 Å². The number of hydrogen-bond donors (Lipinski definition) is 2. The van der Waals surface area contributed by atoms with Crippen LogP contribution in [0.25, 0.3) is 0 Å². The smallest absolute Gasteiger partial charge is 0.407 e. The van der Waals surface area contributed by atoms with Crippen LogP contribution in [0.5, 0.6) is 0 Å². The summed E-state index contributed by atoms with van der Waals surface area (Å²) < 4.78 is 0. The number of rotatable bonds is 2. The molecule has 1 aromatic heterocycles. The van der Waals surface area contributed by atoms with Crippen molar-refractivity contribution in [3.63, 3.8) is 0 Å². The number of carbonyl (C=O) groups is 1. The minimum Gasteiger partial charge on any atom is -0.465 e. The number of likely N-dealkylation sites (tertiary alicyclic amines) is 1. The minimum atomic E-state index is -0.847. The molecule has 0 aliphatic carbocycles. The van der Waals surface area contributed by atoms with E-state index in [1.165, 1.54) is 4.90 Å². The fraction of sp³-hybridized carbons (Fsp3) is 0.500.